The van der Waals surface area contributed by atoms with E-state index in [1.54, 1.807) is 0 Å². The van der Waals surface area contributed by atoms with E-state index in [0.29, 0.717) is 31.8 Å². The summed E-state index contributed by atoms with van der Waals surface area (Å²) in [5, 5.41) is 0. The van der Waals surface area contributed by atoms with Crippen LogP contribution >= 0.6 is 0 Å². The number of ketones is 1. The number of rotatable bonds is 6. The first-order valence-corrected chi connectivity index (χ1v) is 6.78. The van der Waals surface area contributed by atoms with E-state index in [2.05, 4.69) is 6.08 Å². The minimum atomic E-state index is -0.488. The van der Waals surface area contributed by atoms with Crippen LogP contribution in [0, 0.1) is 0 Å². The molecule has 0 atom stereocenters. The second kappa shape index (κ2) is 10.0. The molecule has 104 valence electrons. The molecule has 0 bridgehead atoms. The van der Waals surface area contributed by atoms with E-state index in [1.807, 2.05) is 45.9 Å². The van der Waals surface area contributed by atoms with E-state index in [9.17, 15) is 4.79 Å². The molecule has 1 aliphatic carbocycles. The van der Waals surface area contributed by atoms with Crippen molar-refractivity contribution in [3.05, 3.63) is 24.3 Å². The van der Waals surface area contributed by atoms with Gasteiger partial charge in [0.2, 0.25) is 0 Å². The third-order valence-electron chi connectivity index (χ3n) is 2.57. The molecule has 0 unspecified atom stereocenters. The van der Waals surface area contributed by atoms with Crippen LogP contribution in [0.2, 0.25) is 0 Å². The molecule has 0 aromatic carbocycles. The maximum Gasteiger partial charge on any atom is 0.191 e. The van der Waals surface area contributed by atoms with Crippen molar-refractivity contribution < 1.29 is 14.3 Å². The normalized spacial score (nSPS) is 16.0. The molecule has 0 spiro atoms. The van der Waals surface area contributed by atoms with Gasteiger partial charge in [-0.2, -0.15) is 0 Å². The summed E-state index contributed by atoms with van der Waals surface area (Å²) in [6.45, 7) is 9.08. The highest BCUT2D eigenvalue weighted by atomic mass is 16.7. The maximum atomic E-state index is 10.2. The van der Waals surface area contributed by atoms with E-state index in [0.717, 1.165) is 6.42 Å². The molecule has 0 saturated carbocycles. The van der Waals surface area contributed by atoms with Crippen molar-refractivity contribution in [1.29, 1.82) is 0 Å². The zero-order chi connectivity index (χ0) is 13.9. The number of carbonyl (C=O) groups is 1. The molecule has 0 aliphatic heterocycles. The highest BCUT2D eigenvalue weighted by molar-refractivity contribution is 5.77. The first-order valence-electron chi connectivity index (χ1n) is 6.78. The molecular weight excluding hydrogens is 228 g/mol. The van der Waals surface area contributed by atoms with Gasteiger partial charge in [-0.15, -0.1) is 0 Å². The van der Waals surface area contributed by atoms with Crippen LogP contribution in [0.1, 0.15) is 47.0 Å². The molecule has 3 nitrogen and oxygen atoms in total. The fourth-order valence-corrected chi connectivity index (χ4v) is 1.58. The number of allylic oxidation sites excluding steroid dienone is 2. The van der Waals surface area contributed by atoms with Crippen molar-refractivity contribution in [3.63, 3.8) is 0 Å². The summed E-state index contributed by atoms with van der Waals surface area (Å²) in [5.41, 5.74) is 0. The van der Waals surface area contributed by atoms with Gasteiger partial charge in [-0.05, 0) is 19.9 Å². The summed E-state index contributed by atoms with van der Waals surface area (Å²) in [6, 6.07) is 0. The lowest BCUT2D eigenvalue weighted by atomic mass is 10.1. The highest BCUT2D eigenvalue weighted by Crippen LogP contribution is 2.23. The molecule has 1 rings (SSSR count). The topological polar surface area (TPSA) is 35.5 Å². The average Bonchev–Trinajstić information content (AvgIpc) is 2.40. The van der Waals surface area contributed by atoms with Crippen LogP contribution in [0.4, 0.5) is 0 Å². The Morgan fingerprint density at radius 3 is 1.89 bits per heavy atom. The lowest BCUT2D eigenvalue weighted by Crippen LogP contribution is -2.34. The molecule has 0 aromatic heterocycles. The highest BCUT2D eigenvalue weighted by Gasteiger charge is 2.27. The van der Waals surface area contributed by atoms with Gasteiger partial charge in [0.05, 0.1) is 0 Å². The first-order chi connectivity index (χ1) is 8.64. The SMILES string of the molecule is CCC(=O)CC.CCOC1(OCC)C=CC=CC1. The van der Waals surface area contributed by atoms with Crippen LogP contribution in [-0.2, 0) is 14.3 Å². The second-order valence-corrected chi connectivity index (χ2v) is 3.92. The Bertz CT molecular complexity index is 267. The standard InChI is InChI=1S/C10H16O2.C5H10O/c1-3-11-10(12-4-2)8-6-5-7-9-10;1-3-5(6)4-2/h5-8H,3-4,9H2,1-2H3;3-4H2,1-2H3. The van der Waals surface area contributed by atoms with Crippen molar-refractivity contribution >= 4 is 5.78 Å². The third-order valence-corrected chi connectivity index (χ3v) is 2.57. The smallest absolute Gasteiger partial charge is 0.191 e. The molecular formula is C15H26O3. The second-order valence-electron chi connectivity index (χ2n) is 3.92. The number of hydrogen-bond acceptors (Lipinski definition) is 3. The number of hydrogen-bond donors (Lipinski definition) is 0. The van der Waals surface area contributed by atoms with Gasteiger partial charge in [0, 0.05) is 32.5 Å². The van der Waals surface area contributed by atoms with Crippen LogP contribution in [0.15, 0.2) is 24.3 Å². The van der Waals surface area contributed by atoms with Crippen LogP contribution in [0.5, 0.6) is 0 Å². The molecule has 1 aliphatic rings. The molecule has 0 amide bonds. The summed E-state index contributed by atoms with van der Waals surface area (Å²) < 4.78 is 11.1. The monoisotopic (exact) mass is 254 g/mol. The fourth-order valence-electron chi connectivity index (χ4n) is 1.58. The Hall–Kier alpha value is -0.930. The predicted molar refractivity (Wildman–Crippen MR) is 74.5 cm³/mol. The van der Waals surface area contributed by atoms with Crippen LogP contribution in [0.25, 0.3) is 0 Å². The van der Waals surface area contributed by atoms with Crippen molar-refractivity contribution in [1.82, 2.24) is 0 Å². The molecule has 0 heterocycles. The predicted octanol–water partition coefficient (Wildman–Crippen LogP) is 3.65. The summed E-state index contributed by atoms with van der Waals surface area (Å²) in [5.74, 6) is -0.145. The molecule has 0 aromatic rings. The quantitative estimate of drug-likeness (QED) is 0.679. The van der Waals surface area contributed by atoms with E-state index >= 15 is 0 Å². The van der Waals surface area contributed by atoms with Crippen molar-refractivity contribution in [2.45, 2.75) is 52.7 Å². The van der Waals surface area contributed by atoms with E-state index < -0.39 is 5.79 Å². The largest absolute Gasteiger partial charge is 0.346 e. The Balaban J connectivity index is 0.000000411. The first kappa shape index (κ1) is 17.1. The summed E-state index contributed by atoms with van der Waals surface area (Å²) >= 11 is 0. The van der Waals surface area contributed by atoms with Gasteiger partial charge in [-0.3, -0.25) is 4.79 Å². The van der Waals surface area contributed by atoms with Crippen LogP contribution in [0.3, 0.4) is 0 Å². The average molecular weight is 254 g/mol. The lowest BCUT2D eigenvalue weighted by Gasteiger charge is -2.30. The molecule has 0 radical (unpaired) electrons. The summed E-state index contributed by atoms with van der Waals surface area (Å²) in [7, 11) is 0. The summed E-state index contributed by atoms with van der Waals surface area (Å²) in [6.07, 6.45) is 10.2. The van der Waals surface area contributed by atoms with Crippen molar-refractivity contribution in [2.24, 2.45) is 0 Å². The van der Waals surface area contributed by atoms with Crippen LogP contribution in [-0.4, -0.2) is 24.8 Å². The minimum Gasteiger partial charge on any atom is -0.346 e. The van der Waals surface area contributed by atoms with Crippen molar-refractivity contribution in [2.75, 3.05) is 13.2 Å². The Kier molecular flexibility index (Phi) is 9.52. The molecule has 0 saturated heterocycles. The third kappa shape index (κ3) is 6.72. The lowest BCUT2D eigenvalue weighted by molar-refractivity contribution is -0.197. The van der Waals surface area contributed by atoms with E-state index in [4.69, 9.17) is 9.47 Å². The van der Waals surface area contributed by atoms with E-state index in [-0.39, 0.29) is 0 Å². The number of Topliss-reactive ketones (excluding diaryl/α,β-unsaturated/α-hetero) is 1. The molecule has 18 heavy (non-hydrogen) atoms. The number of carbonyl (C=O) groups excluding carboxylic acids is 1. The fraction of sp³-hybridized carbons (Fsp3) is 0.667. The zero-order valence-corrected chi connectivity index (χ0v) is 12.1. The van der Waals surface area contributed by atoms with Gasteiger partial charge in [0.1, 0.15) is 5.78 Å². The number of ether oxygens (including phenoxy) is 2. The van der Waals surface area contributed by atoms with Crippen molar-refractivity contribution in [3.8, 4) is 0 Å². The van der Waals surface area contributed by atoms with Gasteiger partial charge in [-0.25, -0.2) is 0 Å². The maximum absolute atomic E-state index is 10.2. The Morgan fingerprint density at radius 1 is 1.06 bits per heavy atom. The van der Waals surface area contributed by atoms with E-state index in [1.165, 1.54) is 0 Å². The molecule has 0 fully saturated rings. The van der Waals surface area contributed by atoms with Gasteiger partial charge >= 0.3 is 0 Å². The zero-order valence-electron chi connectivity index (χ0n) is 12.1. The summed E-state index contributed by atoms with van der Waals surface area (Å²) in [4.78, 5) is 10.2. The van der Waals surface area contributed by atoms with Gasteiger partial charge in [0.25, 0.3) is 0 Å². The Labute approximate surface area is 111 Å². The van der Waals surface area contributed by atoms with Gasteiger partial charge in [0.15, 0.2) is 5.79 Å². The minimum absolute atomic E-state index is 0.343. The molecule has 0 N–H and O–H groups in total. The Morgan fingerprint density at radius 2 is 1.61 bits per heavy atom. The van der Waals surface area contributed by atoms with Gasteiger partial charge < -0.3 is 9.47 Å². The van der Waals surface area contributed by atoms with Crippen LogP contribution < -0.4 is 0 Å². The molecule has 3 heteroatoms. The van der Waals surface area contributed by atoms with Gasteiger partial charge in [-0.1, -0.05) is 32.1 Å².